The normalized spacial score (nSPS) is 31.8. The number of rotatable bonds is 5. The van der Waals surface area contributed by atoms with Crippen LogP contribution >= 0.6 is 0 Å². The minimum atomic E-state index is -0.941. The van der Waals surface area contributed by atoms with Gasteiger partial charge in [-0.15, -0.1) is 0 Å². The first-order valence-corrected chi connectivity index (χ1v) is 13.9. The Hall–Kier alpha value is -1.67. The highest BCUT2D eigenvalue weighted by atomic mass is 16.7. The third kappa shape index (κ3) is 8.42. The van der Waals surface area contributed by atoms with Crippen LogP contribution in [0.3, 0.4) is 0 Å². The molecule has 0 spiro atoms. The highest BCUT2D eigenvalue weighted by Crippen LogP contribution is 2.23. The molecule has 0 amide bonds. The zero-order valence-electron chi connectivity index (χ0n) is 23.6. The quantitative estimate of drug-likeness (QED) is 0.482. The number of aliphatic hydroxyl groups excluding tert-OH is 2. The van der Waals surface area contributed by atoms with Crippen LogP contribution in [0.4, 0.5) is 0 Å². The molecule has 0 saturated carbocycles. The van der Waals surface area contributed by atoms with Crippen LogP contribution in [0.25, 0.3) is 0 Å². The van der Waals surface area contributed by atoms with Crippen LogP contribution in [0.1, 0.15) is 43.6 Å². The van der Waals surface area contributed by atoms with Gasteiger partial charge in [0.1, 0.15) is 0 Å². The minimum Gasteiger partial charge on any atom is -0.478 e. The average molecular weight is 552 g/mol. The first-order chi connectivity index (χ1) is 18.4. The number of carboxylic acids is 1. The summed E-state index contributed by atoms with van der Waals surface area (Å²) in [7, 11) is 0. The molecule has 3 aliphatic rings. The minimum absolute atomic E-state index is 0.194. The first-order valence-electron chi connectivity index (χ1n) is 13.9. The molecule has 220 valence electrons. The molecule has 11 heteroatoms. The van der Waals surface area contributed by atoms with E-state index in [1.807, 2.05) is 39.8 Å². The second-order valence-electron chi connectivity index (χ2n) is 11.7. The zero-order valence-corrected chi connectivity index (χ0v) is 23.6. The summed E-state index contributed by atoms with van der Waals surface area (Å²) in [5, 5.41) is 31.2. The third-order valence-electron chi connectivity index (χ3n) is 7.92. The lowest BCUT2D eigenvalue weighted by Gasteiger charge is -2.36. The van der Waals surface area contributed by atoms with Crippen molar-refractivity contribution in [2.24, 2.45) is 0 Å². The molecule has 1 aromatic carbocycles. The van der Waals surface area contributed by atoms with Gasteiger partial charge in [0, 0.05) is 45.8 Å². The molecule has 1 aromatic rings. The summed E-state index contributed by atoms with van der Waals surface area (Å²) in [5.41, 5.74) is 1.29. The Bertz CT molecular complexity index is 897. The fourth-order valence-electron chi connectivity index (χ4n) is 5.33. The van der Waals surface area contributed by atoms with Crippen molar-refractivity contribution in [3.8, 4) is 0 Å². The third-order valence-corrected chi connectivity index (χ3v) is 7.92. The van der Waals surface area contributed by atoms with E-state index in [0.29, 0.717) is 45.9 Å². The summed E-state index contributed by atoms with van der Waals surface area (Å²) in [4.78, 5) is 18.1. The maximum Gasteiger partial charge on any atom is 0.335 e. The van der Waals surface area contributed by atoms with Gasteiger partial charge in [-0.2, -0.15) is 0 Å². The van der Waals surface area contributed by atoms with E-state index >= 15 is 0 Å². The molecule has 3 saturated heterocycles. The Labute approximate surface area is 231 Å². The van der Waals surface area contributed by atoms with E-state index in [1.54, 1.807) is 12.1 Å². The number of hydrogen-bond acceptors (Lipinski definition) is 10. The van der Waals surface area contributed by atoms with Crippen LogP contribution in [-0.2, 0) is 25.5 Å². The molecular formula is C28H45N3O8. The van der Waals surface area contributed by atoms with Crippen LogP contribution in [0.5, 0.6) is 0 Å². The van der Waals surface area contributed by atoms with E-state index in [-0.39, 0.29) is 30.9 Å². The molecule has 11 nitrogen and oxygen atoms in total. The molecule has 3 aliphatic heterocycles. The second kappa shape index (κ2) is 12.9. The van der Waals surface area contributed by atoms with Gasteiger partial charge in [0.2, 0.25) is 0 Å². The van der Waals surface area contributed by atoms with Gasteiger partial charge in [-0.05, 0) is 45.4 Å². The van der Waals surface area contributed by atoms with Crippen LogP contribution in [0.2, 0.25) is 0 Å². The molecule has 4 atom stereocenters. The predicted octanol–water partition coefficient (Wildman–Crippen LogP) is 0.829. The molecule has 0 bridgehead atoms. The Morgan fingerprint density at radius 3 is 1.59 bits per heavy atom. The molecule has 0 aliphatic carbocycles. The summed E-state index contributed by atoms with van der Waals surface area (Å²) < 4.78 is 23.6. The lowest BCUT2D eigenvalue weighted by atomic mass is 10.1. The predicted molar refractivity (Wildman–Crippen MR) is 143 cm³/mol. The monoisotopic (exact) mass is 551 g/mol. The van der Waals surface area contributed by atoms with Gasteiger partial charge >= 0.3 is 5.97 Å². The lowest BCUT2D eigenvalue weighted by Crippen LogP contribution is -2.53. The van der Waals surface area contributed by atoms with Crippen LogP contribution in [0, 0.1) is 0 Å². The van der Waals surface area contributed by atoms with Gasteiger partial charge in [-0.25, -0.2) is 4.79 Å². The molecule has 0 radical (unpaired) electrons. The topological polar surface area (TPSA) is 124 Å². The first kappa shape index (κ1) is 30.3. The molecule has 3 heterocycles. The van der Waals surface area contributed by atoms with Gasteiger partial charge in [-0.1, -0.05) is 12.1 Å². The van der Waals surface area contributed by atoms with Crippen molar-refractivity contribution in [2.75, 3.05) is 65.7 Å². The van der Waals surface area contributed by atoms with Crippen molar-refractivity contribution in [1.82, 2.24) is 14.7 Å². The summed E-state index contributed by atoms with van der Waals surface area (Å²) in [6.07, 6.45) is -1.39. The lowest BCUT2D eigenvalue weighted by molar-refractivity contribution is -0.205. The van der Waals surface area contributed by atoms with Gasteiger partial charge < -0.3 is 34.3 Å². The SMILES string of the molecule is CC1(C)OC[C@@H](O)[C@H](N2CCN(Cc3ccc(C(=O)O)cc3)CCN([C@@H]3COC(C)(C)OC[C@H]3O)CC2)CO1. The summed E-state index contributed by atoms with van der Waals surface area (Å²) >= 11 is 0. The zero-order chi connectivity index (χ0) is 28.2. The van der Waals surface area contributed by atoms with Crippen molar-refractivity contribution in [2.45, 2.75) is 70.1 Å². The molecule has 3 N–H and O–H groups in total. The number of aromatic carboxylic acids is 1. The largest absolute Gasteiger partial charge is 0.478 e. The summed E-state index contributed by atoms with van der Waals surface area (Å²) in [6.45, 7) is 13.5. The fraction of sp³-hybridized carbons (Fsp3) is 0.750. The molecule has 4 rings (SSSR count). The summed E-state index contributed by atoms with van der Waals surface area (Å²) in [5.74, 6) is -2.46. The summed E-state index contributed by atoms with van der Waals surface area (Å²) in [6, 6.07) is 6.51. The van der Waals surface area contributed by atoms with Gasteiger partial charge in [-0.3, -0.25) is 14.7 Å². The number of hydrogen-bond donors (Lipinski definition) is 3. The number of carboxylic acid groups (broad SMARTS) is 1. The van der Waals surface area contributed by atoms with Gasteiger partial charge in [0.25, 0.3) is 0 Å². The van der Waals surface area contributed by atoms with E-state index in [9.17, 15) is 20.1 Å². The maximum absolute atomic E-state index is 11.3. The Morgan fingerprint density at radius 2 is 1.15 bits per heavy atom. The van der Waals surface area contributed by atoms with E-state index in [4.69, 9.17) is 18.9 Å². The molecule has 3 fully saturated rings. The molecule has 0 aromatic heterocycles. The highest BCUT2D eigenvalue weighted by molar-refractivity contribution is 5.87. The van der Waals surface area contributed by atoms with Crippen molar-refractivity contribution in [3.63, 3.8) is 0 Å². The van der Waals surface area contributed by atoms with E-state index in [0.717, 1.165) is 18.7 Å². The highest BCUT2D eigenvalue weighted by Gasteiger charge is 2.38. The second-order valence-corrected chi connectivity index (χ2v) is 11.7. The maximum atomic E-state index is 11.3. The van der Waals surface area contributed by atoms with Crippen LogP contribution in [0.15, 0.2) is 24.3 Å². The van der Waals surface area contributed by atoms with Crippen molar-refractivity contribution in [3.05, 3.63) is 35.4 Å². The van der Waals surface area contributed by atoms with E-state index in [1.165, 1.54) is 0 Å². The standard InChI is InChI=1S/C28H45N3O8/c1-27(2)36-16-22(24(32)18-38-27)30-11-9-29(15-20-5-7-21(8-6-20)26(34)35)10-12-31(14-13-30)23-17-37-28(3,4)39-19-25(23)33/h5-8,22-25,32-33H,9-19H2,1-4H3,(H,34,35)/t22-,23-,24-,25-/m1/s1. The van der Waals surface area contributed by atoms with Crippen LogP contribution in [-0.4, -0.2) is 138 Å². The van der Waals surface area contributed by atoms with Gasteiger partial charge in [0.05, 0.1) is 56.3 Å². The Kier molecular flexibility index (Phi) is 10.0. The number of carbonyl (C=O) groups is 1. The molecule has 39 heavy (non-hydrogen) atoms. The van der Waals surface area contributed by atoms with E-state index < -0.39 is 29.8 Å². The molecular weight excluding hydrogens is 506 g/mol. The number of benzene rings is 1. The fourth-order valence-corrected chi connectivity index (χ4v) is 5.33. The van der Waals surface area contributed by atoms with Crippen molar-refractivity contribution < 1.29 is 39.1 Å². The van der Waals surface area contributed by atoms with Gasteiger partial charge in [0.15, 0.2) is 11.6 Å². The average Bonchev–Trinajstić information content (AvgIpc) is 3.05. The van der Waals surface area contributed by atoms with Crippen molar-refractivity contribution >= 4 is 5.97 Å². The smallest absolute Gasteiger partial charge is 0.335 e. The molecule has 0 unspecified atom stereocenters. The van der Waals surface area contributed by atoms with Crippen LogP contribution < -0.4 is 0 Å². The van der Waals surface area contributed by atoms with Crippen molar-refractivity contribution in [1.29, 1.82) is 0 Å². The number of nitrogens with zero attached hydrogens (tertiary/aromatic N) is 3. The Morgan fingerprint density at radius 1 is 0.744 bits per heavy atom. The Balaban J connectivity index is 1.53. The number of ether oxygens (including phenoxy) is 4. The van der Waals surface area contributed by atoms with E-state index in [2.05, 4.69) is 14.7 Å². The number of aliphatic hydroxyl groups is 2.